The predicted octanol–water partition coefficient (Wildman–Crippen LogP) is 0.246. The number of thioether (sulfide) groups is 1. The minimum Gasteiger partial charge on any atom is -0.383 e. The fraction of sp³-hybridized carbons (Fsp3) is 0.923. The molecule has 0 aliphatic carbocycles. The summed E-state index contributed by atoms with van der Waals surface area (Å²) in [6.07, 6.45) is 2.80. The predicted molar refractivity (Wildman–Crippen MR) is 80.5 cm³/mol. The minimum atomic E-state index is -0.342. The topological polar surface area (TPSA) is 58.8 Å². The number of piperazine rings is 1. The number of methoxy groups -OCH3 is 1. The molecule has 1 fully saturated rings. The van der Waals surface area contributed by atoms with E-state index in [0.29, 0.717) is 6.04 Å². The highest BCUT2D eigenvalue weighted by molar-refractivity contribution is 7.98. The minimum absolute atomic E-state index is 0.104. The third kappa shape index (κ3) is 5.30. The molecule has 19 heavy (non-hydrogen) atoms. The monoisotopic (exact) mass is 289 g/mol. The van der Waals surface area contributed by atoms with Crippen LogP contribution in [0.3, 0.4) is 0 Å². The second-order valence-corrected chi connectivity index (χ2v) is 6.04. The van der Waals surface area contributed by atoms with Crippen LogP contribution in [0.25, 0.3) is 0 Å². The Labute approximate surface area is 120 Å². The first-order chi connectivity index (χ1) is 9.10. The standard InChI is InChI=1S/C13H27N3O2S/c1-11-10-16(6-5-15(11)7-8-18-2)13(17)12(14)4-9-19-3/h11-12H,4-10,14H2,1-3H3/t11?,12-/m0/s1. The number of hydrogen-bond acceptors (Lipinski definition) is 5. The largest absolute Gasteiger partial charge is 0.383 e. The summed E-state index contributed by atoms with van der Waals surface area (Å²) in [4.78, 5) is 16.5. The number of carbonyl (C=O) groups excluding carboxylic acids is 1. The van der Waals surface area contributed by atoms with Crippen LogP contribution in [0, 0.1) is 0 Å². The molecule has 1 aliphatic rings. The van der Waals surface area contributed by atoms with Crippen molar-refractivity contribution < 1.29 is 9.53 Å². The number of ether oxygens (including phenoxy) is 1. The zero-order valence-corrected chi connectivity index (χ0v) is 13.1. The van der Waals surface area contributed by atoms with E-state index in [1.54, 1.807) is 18.9 Å². The second kappa shape index (κ2) is 8.79. The van der Waals surface area contributed by atoms with Crippen molar-refractivity contribution in [2.24, 2.45) is 5.73 Å². The van der Waals surface area contributed by atoms with E-state index in [4.69, 9.17) is 10.5 Å². The molecule has 1 saturated heterocycles. The normalized spacial score (nSPS) is 22.5. The van der Waals surface area contributed by atoms with Crippen molar-refractivity contribution in [1.82, 2.24) is 9.80 Å². The van der Waals surface area contributed by atoms with Crippen molar-refractivity contribution in [1.29, 1.82) is 0 Å². The second-order valence-electron chi connectivity index (χ2n) is 5.05. The number of nitrogens with two attached hydrogens (primary N) is 1. The molecule has 1 heterocycles. The molecule has 0 saturated carbocycles. The van der Waals surface area contributed by atoms with E-state index in [9.17, 15) is 4.79 Å². The fourth-order valence-electron chi connectivity index (χ4n) is 2.34. The highest BCUT2D eigenvalue weighted by Gasteiger charge is 2.28. The van der Waals surface area contributed by atoms with Crippen LogP contribution < -0.4 is 5.73 Å². The van der Waals surface area contributed by atoms with E-state index in [0.717, 1.165) is 45.0 Å². The van der Waals surface area contributed by atoms with Crippen LogP contribution in [-0.2, 0) is 9.53 Å². The molecule has 1 amide bonds. The molecular weight excluding hydrogens is 262 g/mol. The summed E-state index contributed by atoms with van der Waals surface area (Å²) in [5.41, 5.74) is 5.96. The van der Waals surface area contributed by atoms with Gasteiger partial charge in [0.05, 0.1) is 12.6 Å². The molecule has 0 aromatic rings. The maximum Gasteiger partial charge on any atom is 0.239 e. The molecular formula is C13H27N3O2S. The molecule has 5 nitrogen and oxygen atoms in total. The molecule has 1 aliphatic heterocycles. The Hall–Kier alpha value is -0.300. The smallest absolute Gasteiger partial charge is 0.239 e. The number of nitrogens with zero attached hydrogens (tertiary/aromatic N) is 2. The molecule has 6 heteroatoms. The van der Waals surface area contributed by atoms with Crippen molar-refractivity contribution in [2.75, 3.05) is 51.9 Å². The Balaban J connectivity index is 2.39. The Bertz CT molecular complexity index is 279. The van der Waals surface area contributed by atoms with Crippen LogP contribution in [-0.4, -0.2) is 79.7 Å². The summed E-state index contributed by atoms with van der Waals surface area (Å²) in [5, 5.41) is 0. The molecule has 0 radical (unpaired) electrons. The van der Waals surface area contributed by atoms with E-state index in [-0.39, 0.29) is 11.9 Å². The fourth-order valence-corrected chi connectivity index (χ4v) is 2.83. The first kappa shape index (κ1) is 16.8. The number of amides is 1. The van der Waals surface area contributed by atoms with Gasteiger partial charge in [-0.3, -0.25) is 9.69 Å². The Kier molecular flexibility index (Phi) is 7.75. The molecule has 2 atom stereocenters. The van der Waals surface area contributed by atoms with Crippen molar-refractivity contribution in [3.05, 3.63) is 0 Å². The van der Waals surface area contributed by atoms with Gasteiger partial charge in [-0.2, -0.15) is 11.8 Å². The summed E-state index contributed by atoms with van der Waals surface area (Å²) in [6.45, 7) is 6.28. The molecule has 0 aromatic carbocycles. The number of rotatable bonds is 7. The summed E-state index contributed by atoms with van der Waals surface area (Å²) in [7, 11) is 1.72. The van der Waals surface area contributed by atoms with Crippen molar-refractivity contribution in [2.45, 2.75) is 25.4 Å². The average molecular weight is 289 g/mol. The summed E-state index contributed by atoms with van der Waals surface area (Å²) >= 11 is 1.73. The quantitative estimate of drug-likeness (QED) is 0.728. The van der Waals surface area contributed by atoms with Crippen LogP contribution in [0.5, 0.6) is 0 Å². The lowest BCUT2D eigenvalue weighted by Crippen LogP contribution is -2.57. The zero-order valence-electron chi connectivity index (χ0n) is 12.3. The lowest BCUT2D eigenvalue weighted by Gasteiger charge is -2.40. The number of carbonyl (C=O) groups is 1. The van der Waals surface area contributed by atoms with E-state index in [1.807, 2.05) is 11.2 Å². The van der Waals surface area contributed by atoms with Crippen molar-refractivity contribution >= 4 is 17.7 Å². The highest BCUT2D eigenvalue weighted by Crippen LogP contribution is 2.11. The Morgan fingerprint density at radius 1 is 1.53 bits per heavy atom. The summed E-state index contributed by atoms with van der Waals surface area (Å²) < 4.78 is 5.11. The maximum absolute atomic E-state index is 12.2. The van der Waals surface area contributed by atoms with Crippen LogP contribution >= 0.6 is 11.8 Å². The van der Waals surface area contributed by atoms with Crippen LogP contribution in [0.15, 0.2) is 0 Å². The Morgan fingerprint density at radius 2 is 2.26 bits per heavy atom. The van der Waals surface area contributed by atoms with Gasteiger partial charge in [0.15, 0.2) is 0 Å². The SMILES string of the molecule is COCCN1CCN(C(=O)[C@@H](N)CCSC)CC1C. The van der Waals surface area contributed by atoms with Gasteiger partial charge < -0.3 is 15.4 Å². The molecule has 2 N–H and O–H groups in total. The third-order valence-electron chi connectivity index (χ3n) is 3.61. The Morgan fingerprint density at radius 3 is 2.84 bits per heavy atom. The van der Waals surface area contributed by atoms with Crippen LogP contribution in [0.2, 0.25) is 0 Å². The van der Waals surface area contributed by atoms with Gasteiger partial charge in [0.2, 0.25) is 5.91 Å². The van der Waals surface area contributed by atoms with Crippen molar-refractivity contribution in [3.8, 4) is 0 Å². The lowest BCUT2D eigenvalue weighted by molar-refractivity contribution is -0.135. The van der Waals surface area contributed by atoms with Crippen LogP contribution in [0.4, 0.5) is 0 Å². The van der Waals surface area contributed by atoms with Gasteiger partial charge in [-0.1, -0.05) is 0 Å². The van der Waals surface area contributed by atoms with E-state index in [1.165, 1.54) is 0 Å². The van der Waals surface area contributed by atoms with Gasteiger partial charge in [0, 0.05) is 39.3 Å². The van der Waals surface area contributed by atoms with Crippen LogP contribution in [0.1, 0.15) is 13.3 Å². The molecule has 0 bridgehead atoms. The lowest BCUT2D eigenvalue weighted by atomic mass is 10.1. The van der Waals surface area contributed by atoms with Gasteiger partial charge in [-0.15, -0.1) is 0 Å². The van der Waals surface area contributed by atoms with Gasteiger partial charge in [-0.05, 0) is 25.4 Å². The molecule has 1 unspecified atom stereocenters. The van der Waals surface area contributed by atoms with E-state index in [2.05, 4.69) is 11.8 Å². The third-order valence-corrected chi connectivity index (χ3v) is 4.25. The zero-order chi connectivity index (χ0) is 14.3. The van der Waals surface area contributed by atoms with Gasteiger partial charge >= 0.3 is 0 Å². The first-order valence-electron chi connectivity index (χ1n) is 6.86. The van der Waals surface area contributed by atoms with Gasteiger partial charge in [0.1, 0.15) is 0 Å². The van der Waals surface area contributed by atoms with Crippen molar-refractivity contribution in [3.63, 3.8) is 0 Å². The average Bonchev–Trinajstić information content (AvgIpc) is 2.42. The molecule has 0 aromatic heterocycles. The number of hydrogen-bond donors (Lipinski definition) is 1. The van der Waals surface area contributed by atoms with Gasteiger partial charge in [0.25, 0.3) is 0 Å². The molecule has 112 valence electrons. The summed E-state index contributed by atoms with van der Waals surface area (Å²) in [6, 6.07) is 0.0331. The maximum atomic E-state index is 12.2. The van der Waals surface area contributed by atoms with E-state index < -0.39 is 0 Å². The first-order valence-corrected chi connectivity index (χ1v) is 8.25. The van der Waals surface area contributed by atoms with E-state index >= 15 is 0 Å². The molecule has 1 rings (SSSR count). The van der Waals surface area contributed by atoms with Gasteiger partial charge in [-0.25, -0.2) is 0 Å². The molecule has 0 spiro atoms. The highest BCUT2D eigenvalue weighted by atomic mass is 32.2. The summed E-state index contributed by atoms with van der Waals surface area (Å²) in [5.74, 6) is 1.04.